The lowest BCUT2D eigenvalue weighted by atomic mass is 9.84. The Kier molecular flexibility index (Phi) is 6.40. The van der Waals surface area contributed by atoms with Gasteiger partial charge in [-0.3, -0.25) is 9.69 Å². The van der Waals surface area contributed by atoms with Crippen molar-refractivity contribution in [2.75, 3.05) is 25.5 Å². The molecule has 2 aromatic rings. The second kappa shape index (κ2) is 9.38. The van der Waals surface area contributed by atoms with Gasteiger partial charge >= 0.3 is 6.03 Å². The van der Waals surface area contributed by atoms with Crippen molar-refractivity contribution >= 4 is 17.6 Å². The third-order valence-corrected chi connectivity index (χ3v) is 6.40. The molecule has 0 N–H and O–H groups in total. The van der Waals surface area contributed by atoms with Crippen LogP contribution in [0.25, 0.3) is 0 Å². The van der Waals surface area contributed by atoms with Gasteiger partial charge in [0.15, 0.2) is 0 Å². The largest absolute Gasteiger partial charge is 0.324 e. The van der Waals surface area contributed by atoms with E-state index in [1.807, 2.05) is 59.5 Å². The van der Waals surface area contributed by atoms with E-state index in [1.165, 1.54) is 25.0 Å². The van der Waals surface area contributed by atoms with Crippen LogP contribution in [0, 0.1) is 5.92 Å². The van der Waals surface area contributed by atoms with E-state index in [1.54, 1.807) is 23.9 Å². The van der Waals surface area contributed by atoms with Gasteiger partial charge in [-0.1, -0.05) is 36.4 Å². The van der Waals surface area contributed by atoms with Gasteiger partial charge in [-0.2, -0.15) is 0 Å². The Morgan fingerprint density at radius 1 is 0.968 bits per heavy atom. The molecule has 1 aliphatic carbocycles. The zero-order valence-electron chi connectivity index (χ0n) is 18.5. The van der Waals surface area contributed by atoms with Gasteiger partial charge in [0, 0.05) is 44.1 Å². The number of piperidine rings is 1. The van der Waals surface area contributed by atoms with Gasteiger partial charge in [0.2, 0.25) is 0 Å². The normalized spacial score (nSPS) is 18.1. The molecule has 4 rings (SSSR count). The van der Waals surface area contributed by atoms with Crippen molar-refractivity contribution in [3.05, 3.63) is 77.5 Å². The summed E-state index contributed by atoms with van der Waals surface area (Å²) in [7, 11) is 3.58. The summed E-state index contributed by atoms with van der Waals surface area (Å²) in [5.74, 6) is 0.643. The van der Waals surface area contributed by atoms with Crippen LogP contribution in [0.15, 0.2) is 66.4 Å². The van der Waals surface area contributed by atoms with Crippen LogP contribution < -0.4 is 4.90 Å². The predicted molar refractivity (Wildman–Crippen MR) is 124 cm³/mol. The monoisotopic (exact) mass is 417 g/mol. The first-order valence-electron chi connectivity index (χ1n) is 11.2. The second-order valence-electron chi connectivity index (χ2n) is 8.59. The van der Waals surface area contributed by atoms with Crippen molar-refractivity contribution in [1.82, 2.24) is 9.80 Å². The number of hydrogen-bond acceptors (Lipinski definition) is 2. The van der Waals surface area contributed by atoms with Crippen molar-refractivity contribution in [3.63, 3.8) is 0 Å². The lowest BCUT2D eigenvalue weighted by molar-refractivity contribution is 0.0749. The molecule has 1 atom stereocenters. The zero-order chi connectivity index (χ0) is 21.8. The Labute approximate surface area is 184 Å². The molecule has 3 amide bonds. The molecule has 1 aliphatic heterocycles. The minimum Gasteiger partial charge on any atom is -0.323 e. The smallest absolute Gasteiger partial charge is 0.323 e. The van der Waals surface area contributed by atoms with E-state index in [2.05, 4.69) is 6.08 Å². The third kappa shape index (κ3) is 4.66. The van der Waals surface area contributed by atoms with Crippen molar-refractivity contribution in [2.45, 2.75) is 38.6 Å². The summed E-state index contributed by atoms with van der Waals surface area (Å²) >= 11 is 0. The number of carbonyl (C=O) groups is 2. The molecule has 5 heteroatoms. The van der Waals surface area contributed by atoms with Crippen LogP contribution in [0.4, 0.5) is 10.5 Å². The minimum absolute atomic E-state index is 0.0741. The van der Waals surface area contributed by atoms with Gasteiger partial charge in [0.25, 0.3) is 5.91 Å². The summed E-state index contributed by atoms with van der Waals surface area (Å²) in [4.78, 5) is 31.2. The van der Waals surface area contributed by atoms with E-state index in [-0.39, 0.29) is 11.9 Å². The summed E-state index contributed by atoms with van der Waals surface area (Å²) in [5.41, 5.74) is 3.81. The second-order valence-corrected chi connectivity index (χ2v) is 8.59. The number of nitrogens with zero attached hydrogens (tertiary/aromatic N) is 3. The molecule has 2 aromatic carbocycles. The number of carbonyl (C=O) groups excluding carboxylic acids is 2. The maximum absolute atomic E-state index is 13.2. The molecule has 0 radical (unpaired) electrons. The van der Waals surface area contributed by atoms with Crippen LogP contribution >= 0.6 is 0 Å². The van der Waals surface area contributed by atoms with Crippen LogP contribution in [0.2, 0.25) is 0 Å². The average Bonchev–Trinajstić information content (AvgIpc) is 2.83. The number of urea groups is 1. The first kappa shape index (κ1) is 21.2. The molecule has 1 fully saturated rings. The SMILES string of the molecule is CN(Cc1ccc(C(=O)N2CCCC3CCCC=C32)cc1)C(=O)N(C)c1ccccc1. The van der Waals surface area contributed by atoms with E-state index >= 15 is 0 Å². The first-order chi connectivity index (χ1) is 15.0. The molecular weight excluding hydrogens is 386 g/mol. The summed E-state index contributed by atoms with van der Waals surface area (Å²) in [6.45, 7) is 1.30. The summed E-state index contributed by atoms with van der Waals surface area (Å²) in [6, 6.07) is 17.2. The van der Waals surface area contributed by atoms with Crippen LogP contribution in [0.3, 0.4) is 0 Å². The molecule has 2 aliphatic rings. The molecule has 1 saturated heterocycles. The van der Waals surface area contributed by atoms with Crippen LogP contribution in [0.5, 0.6) is 0 Å². The third-order valence-electron chi connectivity index (χ3n) is 6.40. The van der Waals surface area contributed by atoms with Gasteiger partial charge in [0.1, 0.15) is 0 Å². The number of allylic oxidation sites excluding steroid dienone is 2. The van der Waals surface area contributed by atoms with Gasteiger partial charge in [-0.05, 0) is 67.9 Å². The van der Waals surface area contributed by atoms with Crippen molar-refractivity contribution in [1.29, 1.82) is 0 Å². The summed E-state index contributed by atoms with van der Waals surface area (Å²) < 4.78 is 0. The lowest BCUT2D eigenvalue weighted by Crippen LogP contribution is -2.39. The van der Waals surface area contributed by atoms with Gasteiger partial charge < -0.3 is 9.80 Å². The number of fused-ring (bicyclic) bond motifs is 1. The number of amides is 3. The average molecular weight is 418 g/mol. The Balaban J connectivity index is 1.40. The van der Waals surface area contributed by atoms with Crippen molar-refractivity contribution in [3.8, 4) is 0 Å². The molecule has 0 saturated carbocycles. The highest BCUT2D eigenvalue weighted by atomic mass is 16.2. The standard InChI is InChI=1S/C26H31N3O2/c1-27(26(31)28(2)23-11-4-3-5-12-23)19-20-14-16-22(17-15-20)25(30)29-18-8-10-21-9-6-7-13-24(21)29/h3-5,11-17,21H,6-10,18-19H2,1-2H3. The van der Waals surface area contributed by atoms with Crippen LogP contribution in [-0.4, -0.2) is 42.4 Å². The maximum Gasteiger partial charge on any atom is 0.324 e. The highest BCUT2D eigenvalue weighted by Gasteiger charge is 2.30. The highest BCUT2D eigenvalue weighted by molar-refractivity contribution is 5.95. The summed E-state index contributed by atoms with van der Waals surface area (Å²) in [6.07, 6.45) is 8.05. The van der Waals surface area contributed by atoms with Gasteiger partial charge in [0.05, 0.1) is 0 Å². The van der Waals surface area contributed by atoms with Gasteiger partial charge in [-0.15, -0.1) is 0 Å². The molecule has 1 unspecified atom stereocenters. The Bertz CT molecular complexity index is 952. The number of benzene rings is 2. The number of rotatable bonds is 4. The summed E-state index contributed by atoms with van der Waals surface area (Å²) in [5, 5.41) is 0. The molecule has 0 spiro atoms. The van der Waals surface area contributed by atoms with Gasteiger partial charge in [-0.25, -0.2) is 4.79 Å². The molecule has 31 heavy (non-hydrogen) atoms. The molecule has 0 bridgehead atoms. The minimum atomic E-state index is -0.0741. The number of anilines is 1. The first-order valence-corrected chi connectivity index (χ1v) is 11.2. The van der Waals surface area contributed by atoms with E-state index < -0.39 is 0 Å². The fourth-order valence-electron chi connectivity index (χ4n) is 4.66. The maximum atomic E-state index is 13.2. The predicted octanol–water partition coefficient (Wildman–Crippen LogP) is 5.29. The van der Waals surface area contributed by atoms with Crippen molar-refractivity contribution < 1.29 is 9.59 Å². The Morgan fingerprint density at radius 2 is 1.68 bits per heavy atom. The topological polar surface area (TPSA) is 43.9 Å². The molecule has 1 heterocycles. The molecular formula is C26H31N3O2. The molecule has 0 aromatic heterocycles. The number of likely N-dealkylation sites (tertiary alicyclic amines) is 1. The van der Waals surface area contributed by atoms with Crippen molar-refractivity contribution in [2.24, 2.45) is 5.92 Å². The van der Waals surface area contributed by atoms with E-state index in [0.29, 0.717) is 18.0 Å². The van der Waals surface area contributed by atoms with E-state index in [4.69, 9.17) is 0 Å². The Hall–Kier alpha value is -3.08. The lowest BCUT2D eigenvalue weighted by Gasteiger charge is -2.38. The number of hydrogen-bond donors (Lipinski definition) is 0. The van der Waals surface area contributed by atoms with Crippen LogP contribution in [-0.2, 0) is 6.54 Å². The zero-order valence-corrected chi connectivity index (χ0v) is 18.5. The molecule has 5 nitrogen and oxygen atoms in total. The quantitative estimate of drug-likeness (QED) is 0.678. The fraction of sp³-hybridized carbons (Fsp3) is 0.385. The highest BCUT2D eigenvalue weighted by Crippen LogP contribution is 2.35. The Morgan fingerprint density at radius 3 is 2.42 bits per heavy atom. The van der Waals surface area contributed by atoms with Crippen LogP contribution in [0.1, 0.15) is 48.0 Å². The number of para-hydroxylation sites is 1. The molecule has 162 valence electrons. The fourth-order valence-corrected chi connectivity index (χ4v) is 4.66. The van der Waals surface area contributed by atoms with E-state index in [0.717, 1.165) is 30.6 Å². The van der Waals surface area contributed by atoms with E-state index in [9.17, 15) is 9.59 Å².